The lowest BCUT2D eigenvalue weighted by Crippen LogP contribution is -2.60. The summed E-state index contributed by atoms with van der Waals surface area (Å²) in [5.41, 5.74) is 1.61. The Labute approximate surface area is 148 Å². The van der Waals surface area contributed by atoms with Gasteiger partial charge < -0.3 is 15.5 Å². The van der Waals surface area contributed by atoms with E-state index in [0.29, 0.717) is 38.2 Å². The standard InChI is InChI=1S/C18H29N5O2/c1-3-23(4-2)17(25)18(9-6-5-7-10-18)20-16(24)15-13-12-19-11-8-14(13)21-22-15/h19H,3-12H2,1-2H3,(H,20,24)(H,21,22). The Morgan fingerprint density at radius 3 is 2.60 bits per heavy atom. The zero-order valence-electron chi connectivity index (χ0n) is 15.3. The number of carbonyl (C=O) groups excluding carboxylic acids is 2. The topological polar surface area (TPSA) is 90.1 Å². The minimum Gasteiger partial charge on any atom is -0.341 e. The number of nitrogens with zero attached hydrogens (tertiary/aromatic N) is 2. The van der Waals surface area contributed by atoms with Gasteiger partial charge in [0.25, 0.3) is 5.91 Å². The second-order valence-electron chi connectivity index (χ2n) is 7.03. The summed E-state index contributed by atoms with van der Waals surface area (Å²) in [7, 11) is 0. The second kappa shape index (κ2) is 7.56. The summed E-state index contributed by atoms with van der Waals surface area (Å²) in [5.74, 6) is -0.184. The van der Waals surface area contributed by atoms with Crippen LogP contribution in [0.1, 0.15) is 67.7 Å². The summed E-state index contributed by atoms with van der Waals surface area (Å²) in [6.45, 7) is 6.82. The summed E-state index contributed by atoms with van der Waals surface area (Å²) < 4.78 is 0. The van der Waals surface area contributed by atoms with Crippen LogP contribution in [0.5, 0.6) is 0 Å². The monoisotopic (exact) mass is 347 g/mol. The predicted octanol–water partition coefficient (Wildman–Crippen LogP) is 1.36. The van der Waals surface area contributed by atoms with Crippen molar-refractivity contribution in [3.05, 3.63) is 17.0 Å². The highest BCUT2D eigenvalue weighted by Gasteiger charge is 2.43. The summed E-state index contributed by atoms with van der Waals surface area (Å²) in [6.07, 6.45) is 5.31. The number of likely N-dealkylation sites (N-methyl/N-ethyl adjacent to an activating group) is 1. The number of fused-ring (bicyclic) bond motifs is 1. The quantitative estimate of drug-likeness (QED) is 0.750. The van der Waals surface area contributed by atoms with Crippen molar-refractivity contribution in [1.29, 1.82) is 0 Å². The second-order valence-corrected chi connectivity index (χ2v) is 7.03. The van der Waals surface area contributed by atoms with Crippen molar-refractivity contribution in [1.82, 2.24) is 25.7 Å². The molecule has 25 heavy (non-hydrogen) atoms. The molecule has 1 aliphatic heterocycles. The maximum atomic E-state index is 13.1. The Hall–Kier alpha value is -1.89. The number of H-pyrrole nitrogens is 1. The first-order valence-electron chi connectivity index (χ1n) is 9.50. The Balaban J connectivity index is 1.84. The number of hydrogen-bond acceptors (Lipinski definition) is 4. The Bertz CT molecular complexity index is 629. The van der Waals surface area contributed by atoms with E-state index in [2.05, 4.69) is 20.8 Å². The molecule has 7 heteroatoms. The van der Waals surface area contributed by atoms with E-state index in [9.17, 15) is 9.59 Å². The van der Waals surface area contributed by atoms with Crippen LogP contribution in [0.2, 0.25) is 0 Å². The van der Waals surface area contributed by atoms with Crippen LogP contribution in [-0.2, 0) is 17.8 Å². The van der Waals surface area contributed by atoms with Crippen LogP contribution in [-0.4, -0.2) is 52.1 Å². The van der Waals surface area contributed by atoms with E-state index in [4.69, 9.17) is 0 Å². The van der Waals surface area contributed by atoms with Crippen LogP contribution in [0.3, 0.4) is 0 Å². The largest absolute Gasteiger partial charge is 0.341 e. The van der Waals surface area contributed by atoms with Crippen molar-refractivity contribution < 1.29 is 9.59 Å². The number of hydrogen-bond donors (Lipinski definition) is 3. The average Bonchev–Trinajstić information content (AvgIpc) is 3.07. The van der Waals surface area contributed by atoms with Crippen molar-refractivity contribution in [2.24, 2.45) is 0 Å². The normalized spacial score (nSPS) is 19.1. The van der Waals surface area contributed by atoms with Gasteiger partial charge in [-0.05, 0) is 26.7 Å². The first kappa shape index (κ1) is 17.9. The number of carbonyl (C=O) groups is 2. The molecule has 0 radical (unpaired) electrons. The maximum Gasteiger partial charge on any atom is 0.272 e. The molecule has 0 spiro atoms. The third-order valence-corrected chi connectivity index (χ3v) is 5.54. The molecule has 1 aliphatic carbocycles. The number of aromatic nitrogens is 2. The molecule has 2 amide bonds. The molecule has 138 valence electrons. The molecular weight excluding hydrogens is 318 g/mol. The molecule has 1 aromatic rings. The molecule has 1 fully saturated rings. The van der Waals surface area contributed by atoms with E-state index in [-0.39, 0.29) is 11.8 Å². The van der Waals surface area contributed by atoms with Crippen molar-refractivity contribution in [3.63, 3.8) is 0 Å². The highest BCUT2D eigenvalue weighted by Crippen LogP contribution is 2.31. The Morgan fingerprint density at radius 2 is 1.92 bits per heavy atom. The van der Waals surface area contributed by atoms with Crippen LogP contribution in [0, 0.1) is 0 Å². The summed E-state index contributed by atoms with van der Waals surface area (Å²) in [6, 6.07) is 0. The van der Waals surface area contributed by atoms with Crippen molar-refractivity contribution in [3.8, 4) is 0 Å². The van der Waals surface area contributed by atoms with Gasteiger partial charge in [0.15, 0.2) is 5.69 Å². The fourth-order valence-corrected chi connectivity index (χ4v) is 4.05. The first-order valence-corrected chi connectivity index (χ1v) is 9.50. The summed E-state index contributed by atoms with van der Waals surface area (Å²) in [4.78, 5) is 27.9. The van der Waals surface area contributed by atoms with Crippen LogP contribution in [0.15, 0.2) is 0 Å². The average molecular weight is 347 g/mol. The van der Waals surface area contributed by atoms with Gasteiger partial charge in [-0.2, -0.15) is 5.10 Å². The van der Waals surface area contributed by atoms with Crippen molar-refractivity contribution >= 4 is 11.8 Å². The van der Waals surface area contributed by atoms with Crippen molar-refractivity contribution in [2.75, 3.05) is 19.6 Å². The van der Waals surface area contributed by atoms with E-state index >= 15 is 0 Å². The smallest absolute Gasteiger partial charge is 0.272 e. The van der Waals surface area contributed by atoms with Gasteiger partial charge in [0, 0.05) is 43.9 Å². The van der Waals surface area contributed by atoms with Crippen LogP contribution in [0.4, 0.5) is 0 Å². The van der Waals surface area contributed by atoms with Gasteiger partial charge in [0.1, 0.15) is 5.54 Å². The number of amides is 2. The van der Waals surface area contributed by atoms with Gasteiger partial charge in [0.05, 0.1) is 0 Å². The number of aromatic amines is 1. The van der Waals surface area contributed by atoms with Crippen LogP contribution < -0.4 is 10.6 Å². The number of nitrogens with one attached hydrogen (secondary N) is 3. The van der Waals surface area contributed by atoms with Gasteiger partial charge in [-0.3, -0.25) is 14.7 Å². The molecule has 1 aromatic heterocycles. The highest BCUT2D eigenvalue weighted by molar-refractivity contribution is 5.99. The van der Waals surface area contributed by atoms with E-state index in [0.717, 1.165) is 43.5 Å². The van der Waals surface area contributed by atoms with Gasteiger partial charge in [-0.25, -0.2) is 0 Å². The fourth-order valence-electron chi connectivity index (χ4n) is 4.05. The molecule has 0 bridgehead atoms. The van der Waals surface area contributed by atoms with E-state index in [1.165, 1.54) is 0 Å². The molecule has 0 atom stereocenters. The first-order chi connectivity index (χ1) is 12.1. The number of rotatable bonds is 5. The molecular formula is C18H29N5O2. The van der Waals surface area contributed by atoms with E-state index < -0.39 is 5.54 Å². The molecule has 0 saturated heterocycles. The molecule has 1 saturated carbocycles. The van der Waals surface area contributed by atoms with Crippen molar-refractivity contribution in [2.45, 2.75) is 64.5 Å². The molecule has 2 aliphatic rings. The maximum absolute atomic E-state index is 13.1. The highest BCUT2D eigenvalue weighted by atomic mass is 16.2. The van der Waals surface area contributed by atoms with E-state index in [1.54, 1.807) is 0 Å². The lowest BCUT2D eigenvalue weighted by Gasteiger charge is -2.39. The Kier molecular flexibility index (Phi) is 5.42. The zero-order chi connectivity index (χ0) is 17.9. The fraction of sp³-hybridized carbons (Fsp3) is 0.722. The van der Waals surface area contributed by atoms with E-state index in [1.807, 2.05) is 18.7 Å². The summed E-state index contributed by atoms with van der Waals surface area (Å²) in [5, 5.41) is 13.6. The third-order valence-electron chi connectivity index (χ3n) is 5.54. The third kappa shape index (κ3) is 3.42. The summed E-state index contributed by atoms with van der Waals surface area (Å²) >= 11 is 0. The Morgan fingerprint density at radius 1 is 1.20 bits per heavy atom. The molecule has 0 aromatic carbocycles. The molecule has 2 heterocycles. The minimum atomic E-state index is -0.782. The molecule has 3 N–H and O–H groups in total. The van der Waals surface area contributed by atoms with Gasteiger partial charge in [0.2, 0.25) is 5.91 Å². The lowest BCUT2D eigenvalue weighted by molar-refractivity contribution is -0.139. The SMILES string of the molecule is CCN(CC)C(=O)C1(NC(=O)c2n[nH]c3c2CNCC3)CCCCC1. The molecule has 3 rings (SSSR count). The molecule has 0 unspecified atom stereocenters. The van der Waals surface area contributed by atoms with Gasteiger partial charge >= 0.3 is 0 Å². The lowest BCUT2D eigenvalue weighted by atomic mass is 9.80. The van der Waals surface area contributed by atoms with Gasteiger partial charge in [-0.1, -0.05) is 19.3 Å². The zero-order valence-corrected chi connectivity index (χ0v) is 15.3. The van der Waals surface area contributed by atoms with Crippen LogP contribution >= 0.6 is 0 Å². The predicted molar refractivity (Wildman–Crippen MR) is 95.2 cm³/mol. The van der Waals surface area contributed by atoms with Crippen LogP contribution in [0.25, 0.3) is 0 Å². The minimum absolute atomic E-state index is 0.0491. The van der Waals surface area contributed by atoms with Gasteiger partial charge in [-0.15, -0.1) is 0 Å². The molecule has 7 nitrogen and oxygen atoms in total.